The van der Waals surface area contributed by atoms with Crippen LogP contribution in [-0.2, 0) is 11.3 Å². The Kier molecular flexibility index (Phi) is 7.31. The molecule has 1 aliphatic rings. The predicted octanol–water partition coefficient (Wildman–Crippen LogP) is 3.88. The Morgan fingerprint density at radius 1 is 1.17 bits per heavy atom. The number of nitrogens with zero attached hydrogens (tertiary/aromatic N) is 4. The highest BCUT2D eigenvalue weighted by atomic mass is 16.5. The van der Waals surface area contributed by atoms with E-state index in [1.54, 1.807) is 0 Å². The molecule has 158 valence electrons. The minimum atomic E-state index is 0.176. The number of amides is 1. The first-order valence-electron chi connectivity index (χ1n) is 10.7. The van der Waals surface area contributed by atoms with Crippen molar-refractivity contribution in [2.75, 3.05) is 44.7 Å². The van der Waals surface area contributed by atoms with E-state index in [0.717, 1.165) is 61.8 Å². The van der Waals surface area contributed by atoms with Crippen molar-refractivity contribution in [3.8, 4) is 11.3 Å². The number of hydrogen-bond acceptors (Lipinski definition) is 5. The molecule has 0 spiro atoms. The summed E-state index contributed by atoms with van der Waals surface area (Å²) in [5.74, 6) is 1.54. The highest BCUT2D eigenvalue weighted by molar-refractivity contribution is 5.77. The molecule has 0 N–H and O–H groups in total. The quantitative estimate of drug-likeness (QED) is 0.675. The van der Waals surface area contributed by atoms with Gasteiger partial charge in [0, 0.05) is 44.7 Å². The second-order valence-corrected chi connectivity index (χ2v) is 8.32. The van der Waals surface area contributed by atoms with Crippen LogP contribution in [0.25, 0.3) is 11.3 Å². The van der Waals surface area contributed by atoms with Gasteiger partial charge in [0.2, 0.25) is 11.8 Å². The van der Waals surface area contributed by atoms with Crippen LogP contribution in [0.5, 0.6) is 0 Å². The van der Waals surface area contributed by atoms with E-state index in [1.807, 2.05) is 30.0 Å². The zero-order valence-corrected chi connectivity index (χ0v) is 18.2. The number of carbonyl (C=O) groups is 1. The highest BCUT2D eigenvalue weighted by Crippen LogP contribution is 2.33. The molecule has 29 heavy (non-hydrogen) atoms. The zero-order chi connectivity index (χ0) is 20.8. The van der Waals surface area contributed by atoms with E-state index in [0.29, 0.717) is 18.9 Å². The Hall–Kier alpha value is -2.34. The molecule has 3 rings (SSSR count). The molecule has 0 atom stereocenters. The van der Waals surface area contributed by atoms with Crippen LogP contribution in [0.1, 0.15) is 39.2 Å². The Morgan fingerprint density at radius 3 is 2.48 bits per heavy atom. The number of piperazine rings is 1. The maximum absolute atomic E-state index is 12.7. The van der Waals surface area contributed by atoms with Gasteiger partial charge < -0.3 is 19.2 Å². The number of likely N-dealkylation sites (N-methyl/N-ethyl adjacent to an activating group) is 1. The minimum Gasteiger partial charge on any atom is -0.338 e. The number of carbonyl (C=O) groups excluding carboxylic acids is 1. The molecule has 2 aromatic rings. The van der Waals surface area contributed by atoms with Crippen molar-refractivity contribution in [2.45, 2.75) is 40.2 Å². The maximum Gasteiger partial charge on any atom is 0.232 e. The molecule has 0 radical (unpaired) electrons. The van der Waals surface area contributed by atoms with Gasteiger partial charge in [-0.1, -0.05) is 56.3 Å². The van der Waals surface area contributed by atoms with Gasteiger partial charge in [-0.3, -0.25) is 4.79 Å². The largest absolute Gasteiger partial charge is 0.338 e. The fourth-order valence-corrected chi connectivity index (χ4v) is 3.64. The molecule has 1 fully saturated rings. The summed E-state index contributed by atoms with van der Waals surface area (Å²) in [6, 6.07) is 10.1. The van der Waals surface area contributed by atoms with Gasteiger partial charge in [-0.25, -0.2) is 0 Å². The molecule has 1 saturated heterocycles. The van der Waals surface area contributed by atoms with Crippen molar-refractivity contribution in [1.82, 2.24) is 15.0 Å². The number of aromatic nitrogens is 1. The molecule has 0 bridgehead atoms. The van der Waals surface area contributed by atoms with Crippen LogP contribution in [0.15, 0.2) is 34.9 Å². The van der Waals surface area contributed by atoms with Crippen molar-refractivity contribution >= 4 is 11.8 Å². The fourth-order valence-electron chi connectivity index (χ4n) is 3.64. The van der Waals surface area contributed by atoms with Gasteiger partial charge in [0.15, 0.2) is 0 Å². The summed E-state index contributed by atoms with van der Waals surface area (Å²) in [6.45, 7) is 11.4. The van der Waals surface area contributed by atoms with Gasteiger partial charge >= 0.3 is 0 Å². The van der Waals surface area contributed by atoms with Gasteiger partial charge in [-0.05, 0) is 19.4 Å². The van der Waals surface area contributed by atoms with Crippen LogP contribution >= 0.6 is 0 Å². The lowest BCUT2D eigenvalue weighted by Crippen LogP contribution is -2.45. The third-order valence-electron chi connectivity index (χ3n) is 5.59. The normalized spacial score (nSPS) is 15.1. The molecule has 0 saturated carbocycles. The molecular weight excluding hydrogens is 364 g/mol. The Balaban J connectivity index is 1.94. The summed E-state index contributed by atoms with van der Waals surface area (Å²) in [4.78, 5) is 19.2. The number of anilines is 1. The summed E-state index contributed by atoms with van der Waals surface area (Å²) in [5, 5.41) is 4.45. The standard InChI is InChI=1S/C23H34N4O2/c1-5-21(28)27(12-11-18(2)3)17-20-22(19-9-7-6-8-10-19)24-29-23(20)26-15-13-25(4)14-16-26/h6-10,18H,5,11-17H2,1-4H3. The second-order valence-electron chi connectivity index (χ2n) is 8.32. The molecular formula is C23H34N4O2. The van der Waals surface area contributed by atoms with Gasteiger partial charge in [0.25, 0.3) is 0 Å². The van der Waals surface area contributed by atoms with Crippen LogP contribution < -0.4 is 4.90 Å². The van der Waals surface area contributed by atoms with Crippen molar-refractivity contribution in [3.05, 3.63) is 35.9 Å². The average molecular weight is 399 g/mol. The molecule has 6 nitrogen and oxygen atoms in total. The lowest BCUT2D eigenvalue weighted by molar-refractivity contribution is -0.131. The van der Waals surface area contributed by atoms with Crippen LogP contribution in [0, 0.1) is 5.92 Å². The van der Waals surface area contributed by atoms with Crippen molar-refractivity contribution in [2.24, 2.45) is 5.92 Å². The van der Waals surface area contributed by atoms with E-state index < -0.39 is 0 Å². The third kappa shape index (κ3) is 5.38. The first-order chi connectivity index (χ1) is 14.0. The van der Waals surface area contributed by atoms with Gasteiger partial charge in [0.1, 0.15) is 5.69 Å². The minimum absolute atomic E-state index is 0.176. The van der Waals surface area contributed by atoms with Crippen molar-refractivity contribution < 1.29 is 9.32 Å². The van der Waals surface area contributed by atoms with Gasteiger partial charge in [-0.2, -0.15) is 0 Å². The summed E-state index contributed by atoms with van der Waals surface area (Å²) >= 11 is 0. The average Bonchev–Trinajstić information content (AvgIpc) is 3.15. The highest BCUT2D eigenvalue weighted by Gasteiger charge is 2.27. The summed E-state index contributed by atoms with van der Waals surface area (Å²) in [7, 11) is 2.14. The van der Waals surface area contributed by atoms with Crippen LogP contribution in [0.2, 0.25) is 0 Å². The van der Waals surface area contributed by atoms with E-state index in [-0.39, 0.29) is 5.91 Å². The van der Waals surface area contributed by atoms with Crippen LogP contribution in [0.4, 0.5) is 5.88 Å². The maximum atomic E-state index is 12.7. The monoisotopic (exact) mass is 398 g/mol. The Bertz CT molecular complexity index is 779. The second kappa shape index (κ2) is 9.92. The predicted molar refractivity (Wildman–Crippen MR) is 117 cm³/mol. The van der Waals surface area contributed by atoms with Crippen LogP contribution in [-0.4, -0.2) is 60.6 Å². The van der Waals surface area contributed by atoms with Crippen molar-refractivity contribution in [1.29, 1.82) is 0 Å². The molecule has 1 aliphatic heterocycles. The van der Waals surface area contributed by atoms with E-state index >= 15 is 0 Å². The molecule has 1 amide bonds. The number of benzene rings is 1. The summed E-state index contributed by atoms with van der Waals surface area (Å²) < 4.78 is 5.88. The summed E-state index contributed by atoms with van der Waals surface area (Å²) in [6.07, 6.45) is 1.50. The zero-order valence-electron chi connectivity index (χ0n) is 18.2. The molecule has 1 aromatic heterocycles. The van der Waals surface area contributed by atoms with Crippen molar-refractivity contribution in [3.63, 3.8) is 0 Å². The van der Waals surface area contributed by atoms with E-state index in [2.05, 4.69) is 48.0 Å². The number of hydrogen-bond donors (Lipinski definition) is 0. The van der Waals surface area contributed by atoms with Crippen LogP contribution in [0.3, 0.4) is 0 Å². The first-order valence-corrected chi connectivity index (χ1v) is 10.7. The van der Waals surface area contributed by atoms with E-state index in [4.69, 9.17) is 4.52 Å². The molecule has 6 heteroatoms. The SMILES string of the molecule is CCC(=O)N(CCC(C)C)Cc1c(-c2ccccc2)noc1N1CCN(C)CC1. The fraction of sp³-hybridized carbons (Fsp3) is 0.565. The third-order valence-corrected chi connectivity index (χ3v) is 5.59. The molecule has 0 aliphatic carbocycles. The van der Waals surface area contributed by atoms with E-state index in [1.165, 1.54) is 0 Å². The Morgan fingerprint density at radius 2 is 1.86 bits per heavy atom. The lowest BCUT2D eigenvalue weighted by Gasteiger charge is -2.33. The lowest BCUT2D eigenvalue weighted by atomic mass is 10.1. The first kappa shape index (κ1) is 21.4. The molecule has 1 aromatic carbocycles. The Labute approximate surface area is 174 Å². The molecule has 0 unspecified atom stereocenters. The topological polar surface area (TPSA) is 52.8 Å². The molecule has 2 heterocycles. The summed E-state index contributed by atoms with van der Waals surface area (Å²) in [5.41, 5.74) is 2.89. The number of rotatable bonds is 8. The van der Waals surface area contributed by atoms with E-state index in [9.17, 15) is 4.79 Å². The van der Waals surface area contributed by atoms with Gasteiger partial charge in [-0.15, -0.1) is 0 Å². The van der Waals surface area contributed by atoms with Gasteiger partial charge in [0.05, 0.1) is 12.1 Å². The smallest absolute Gasteiger partial charge is 0.232 e.